The Labute approximate surface area is 175 Å². The lowest BCUT2D eigenvalue weighted by atomic mass is 9.54. The number of para-hydroxylation sites is 1. The van der Waals surface area contributed by atoms with E-state index in [4.69, 9.17) is 9.47 Å². The first-order valence-corrected chi connectivity index (χ1v) is 10.1. The predicted octanol–water partition coefficient (Wildman–Crippen LogP) is 3.14. The van der Waals surface area contributed by atoms with Gasteiger partial charge in [0.25, 0.3) is 0 Å². The number of hydrogen-bond acceptors (Lipinski definition) is 5. The fourth-order valence-corrected chi connectivity index (χ4v) is 4.93. The third-order valence-corrected chi connectivity index (χ3v) is 6.19. The highest BCUT2D eigenvalue weighted by Gasteiger charge is 2.62. The summed E-state index contributed by atoms with van der Waals surface area (Å²) in [5.74, 6) is -4.04. The molecule has 1 aromatic carbocycles. The van der Waals surface area contributed by atoms with E-state index in [0.717, 1.165) is 0 Å². The van der Waals surface area contributed by atoms with Gasteiger partial charge in [-0.15, -0.1) is 0 Å². The molecule has 0 aromatic heterocycles. The van der Waals surface area contributed by atoms with E-state index in [1.165, 1.54) is 11.9 Å². The van der Waals surface area contributed by atoms with E-state index < -0.39 is 40.9 Å². The summed E-state index contributed by atoms with van der Waals surface area (Å²) in [5, 5.41) is 20.5. The molecule has 1 aliphatic heterocycles. The monoisotopic (exact) mass is 419 g/mol. The van der Waals surface area contributed by atoms with Crippen LogP contribution in [0.3, 0.4) is 0 Å². The van der Waals surface area contributed by atoms with Crippen LogP contribution in [0.4, 0.5) is 10.5 Å². The third kappa shape index (κ3) is 3.64. The average Bonchev–Trinajstić information content (AvgIpc) is 3.14. The van der Waals surface area contributed by atoms with Gasteiger partial charge in [0.05, 0.1) is 18.2 Å². The quantitative estimate of drug-likeness (QED) is 0.771. The molecule has 1 heterocycles. The Morgan fingerprint density at radius 2 is 1.80 bits per heavy atom. The number of rotatable bonds is 4. The number of aliphatic carboxylic acids is 2. The van der Waals surface area contributed by atoms with Gasteiger partial charge in [-0.2, -0.15) is 0 Å². The highest BCUT2D eigenvalue weighted by Crippen LogP contribution is 2.54. The zero-order valence-corrected chi connectivity index (χ0v) is 17.8. The summed E-state index contributed by atoms with van der Waals surface area (Å²) < 4.78 is 11.0. The van der Waals surface area contributed by atoms with Gasteiger partial charge in [0.1, 0.15) is 11.0 Å². The number of anilines is 1. The van der Waals surface area contributed by atoms with Crippen LogP contribution in [0.25, 0.3) is 0 Å². The molecule has 4 unspecified atom stereocenters. The van der Waals surface area contributed by atoms with Crippen LogP contribution in [0, 0.1) is 17.8 Å². The van der Waals surface area contributed by atoms with Crippen LogP contribution in [0.5, 0.6) is 0 Å². The first-order valence-electron chi connectivity index (χ1n) is 10.1. The summed E-state index contributed by atoms with van der Waals surface area (Å²) in [6.07, 6.45) is 0.189. The number of amides is 1. The van der Waals surface area contributed by atoms with Gasteiger partial charge in [0.2, 0.25) is 0 Å². The van der Waals surface area contributed by atoms with Crippen molar-refractivity contribution in [2.45, 2.75) is 44.6 Å². The lowest BCUT2D eigenvalue weighted by Gasteiger charge is -2.46. The molecule has 0 radical (unpaired) electrons. The van der Waals surface area contributed by atoms with Crippen LogP contribution in [0.2, 0.25) is 0 Å². The van der Waals surface area contributed by atoms with Crippen molar-refractivity contribution < 1.29 is 34.1 Å². The Morgan fingerprint density at radius 1 is 1.13 bits per heavy atom. The van der Waals surface area contributed by atoms with Crippen molar-refractivity contribution in [1.29, 1.82) is 0 Å². The van der Waals surface area contributed by atoms with Crippen LogP contribution in [-0.2, 0) is 24.5 Å². The maximum atomic E-state index is 12.9. The number of benzene rings is 1. The SMILES string of the molecule is CN(C(=O)OC(C)(C)C)c1ccccc1C1(C(=O)O)C(C(=O)O)CCC2COCC21. The fourth-order valence-electron chi connectivity index (χ4n) is 4.93. The second kappa shape index (κ2) is 7.91. The van der Waals surface area contributed by atoms with Gasteiger partial charge in [0.15, 0.2) is 0 Å². The normalized spacial score (nSPS) is 28.5. The van der Waals surface area contributed by atoms with Crippen molar-refractivity contribution in [2.24, 2.45) is 17.8 Å². The Morgan fingerprint density at radius 3 is 2.40 bits per heavy atom. The molecule has 1 saturated heterocycles. The molecular formula is C22H29NO7. The number of hydrogen-bond donors (Lipinski definition) is 2. The van der Waals surface area contributed by atoms with Crippen molar-refractivity contribution in [3.63, 3.8) is 0 Å². The minimum atomic E-state index is -1.71. The number of carboxylic acids is 2. The van der Waals surface area contributed by atoms with Gasteiger partial charge < -0.3 is 19.7 Å². The van der Waals surface area contributed by atoms with E-state index >= 15 is 0 Å². The molecule has 164 valence electrons. The van der Waals surface area contributed by atoms with Gasteiger partial charge in [-0.3, -0.25) is 14.5 Å². The van der Waals surface area contributed by atoms with Gasteiger partial charge in [-0.25, -0.2) is 4.79 Å². The number of fused-ring (bicyclic) bond motifs is 1. The van der Waals surface area contributed by atoms with Crippen LogP contribution in [0.1, 0.15) is 39.2 Å². The molecular weight excluding hydrogens is 390 g/mol. The number of carbonyl (C=O) groups is 3. The average molecular weight is 419 g/mol. The van der Waals surface area contributed by atoms with Crippen molar-refractivity contribution in [3.05, 3.63) is 29.8 Å². The fraction of sp³-hybridized carbons (Fsp3) is 0.591. The molecule has 1 aromatic rings. The van der Waals surface area contributed by atoms with E-state index in [0.29, 0.717) is 24.3 Å². The lowest BCUT2D eigenvalue weighted by Crippen LogP contribution is -2.57. The molecule has 4 atom stereocenters. The second-order valence-electron chi connectivity index (χ2n) is 9.10. The van der Waals surface area contributed by atoms with Crippen LogP contribution in [0.15, 0.2) is 24.3 Å². The van der Waals surface area contributed by atoms with Crippen LogP contribution < -0.4 is 4.90 Å². The molecule has 8 nitrogen and oxygen atoms in total. The molecule has 1 aliphatic carbocycles. The summed E-state index contributed by atoms with van der Waals surface area (Å²) in [4.78, 5) is 39.1. The maximum absolute atomic E-state index is 12.9. The number of carboxylic acid groups (broad SMARTS) is 2. The zero-order valence-electron chi connectivity index (χ0n) is 17.8. The third-order valence-electron chi connectivity index (χ3n) is 6.19. The van der Waals surface area contributed by atoms with Gasteiger partial charge in [0, 0.05) is 19.6 Å². The molecule has 2 fully saturated rings. The summed E-state index contributed by atoms with van der Waals surface area (Å²) >= 11 is 0. The van der Waals surface area contributed by atoms with E-state index in [1.54, 1.807) is 45.0 Å². The Hall–Kier alpha value is -2.61. The highest BCUT2D eigenvalue weighted by atomic mass is 16.6. The van der Waals surface area contributed by atoms with Crippen molar-refractivity contribution in [2.75, 3.05) is 25.2 Å². The van der Waals surface area contributed by atoms with E-state index in [-0.39, 0.29) is 18.9 Å². The Kier molecular flexibility index (Phi) is 5.82. The number of nitrogens with zero attached hydrogens (tertiary/aromatic N) is 1. The molecule has 2 aliphatic rings. The Balaban J connectivity index is 2.18. The molecule has 3 rings (SSSR count). The highest BCUT2D eigenvalue weighted by molar-refractivity contribution is 5.95. The molecule has 0 bridgehead atoms. The minimum Gasteiger partial charge on any atom is -0.481 e. The number of ether oxygens (including phenoxy) is 2. The molecule has 1 saturated carbocycles. The van der Waals surface area contributed by atoms with Crippen molar-refractivity contribution in [1.82, 2.24) is 0 Å². The molecule has 30 heavy (non-hydrogen) atoms. The second-order valence-corrected chi connectivity index (χ2v) is 9.10. The maximum Gasteiger partial charge on any atom is 0.414 e. The smallest absolute Gasteiger partial charge is 0.414 e. The molecule has 8 heteroatoms. The standard InChI is InChI=1S/C22H29NO7/c1-21(2,3)30-20(28)23(4)17-8-6-5-7-14(17)22(19(26)27)15(18(24)25)10-9-13-11-29-12-16(13)22/h5-8,13,15-16H,9-12H2,1-4H3,(H,24,25)(H,26,27). The van der Waals surface area contributed by atoms with Crippen LogP contribution in [-0.4, -0.2) is 54.1 Å². The first-order chi connectivity index (χ1) is 14.0. The van der Waals surface area contributed by atoms with Gasteiger partial charge >= 0.3 is 18.0 Å². The largest absolute Gasteiger partial charge is 0.481 e. The molecule has 1 amide bonds. The number of carbonyl (C=O) groups excluding carboxylic acids is 1. The van der Waals surface area contributed by atoms with Crippen LogP contribution >= 0.6 is 0 Å². The topological polar surface area (TPSA) is 113 Å². The minimum absolute atomic E-state index is 0.0448. The molecule has 0 spiro atoms. The summed E-state index contributed by atoms with van der Waals surface area (Å²) in [5.41, 5.74) is -1.81. The van der Waals surface area contributed by atoms with Crippen molar-refractivity contribution >= 4 is 23.7 Å². The lowest BCUT2D eigenvalue weighted by molar-refractivity contribution is -0.163. The van der Waals surface area contributed by atoms with E-state index in [1.807, 2.05) is 0 Å². The van der Waals surface area contributed by atoms with Gasteiger partial charge in [-0.1, -0.05) is 18.2 Å². The van der Waals surface area contributed by atoms with E-state index in [2.05, 4.69) is 0 Å². The molecule has 2 N–H and O–H groups in total. The Bertz CT molecular complexity index is 846. The predicted molar refractivity (Wildman–Crippen MR) is 109 cm³/mol. The van der Waals surface area contributed by atoms with Crippen molar-refractivity contribution in [3.8, 4) is 0 Å². The summed E-state index contributed by atoms with van der Waals surface area (Å²) in [6, 6.07) is 6.60. The van der Waals surface area contributed by atoms with Gasteiger partial charge in [-0.05, 0) is 51.2 Å². The summed E-state index contributed by atoms with van der Waals surface area (Å²) in [7, 11) is 1.50. The summed E-state index contributed by atoms with van der Waals surface area (Å²) in [6.45, 7) is 5.81. The van der Waals surface area contributed by atoms with E-state index in [9.17, 15) is 24.6 Å². The first kappa shape index (κ1) is 22.1. The zero-order chi connectivity index (χ0) is 22.3.